The van der Waals surface area contributed by atoms with Crippen LogP contribution in [0.3, 0.4) is 0 Å². The molecular weight excluding hydrogens is 383 g/mol. The lowest BCUT2D eigenvalue weighted by atomic mass is 9.96. The summed E-state index contributed by atoms with van der Waals surface area (Å²) >= 11 is 11.9. The summed E-state index contributed by atoms with van der Waals surface area (Å²) in [4.78, 5) is 14.2. The Morgan fingerprint density at radius 1 is 1.20 bits per heavy atom. The van der Waals surface area contributed by atoms with E-state index >= 15 is 0 Å². The number of carbonyl (C=O) groups is 1. The van der Waals surface area contributed by atoms with Crippen LogP contribution >= 0.6 is 23.2 Å². The van der Waals surface area contributed by atoms with E-state index in [-0.39, 0.29) is 17.6 Å². The van der Waals surface area contributed by atoms with E-state index < -0.39 is 10.0 Å². The summed E-state index contributed by atoms with van der Waals surface area (Å²) in [5, 5.41) is 0.824. The number of hydrogen-bond donors (Lipinski definition) is 0. The summed E-state index contributed by atoms with van der Waals surface area (Å²) in [5.41, 5.74) is 0.535. The standard InChI is InChI=1S/C17H24Cl2N2O3S/c1-3-20(4-2)17(22)13-7-9-21(10-8-13)25(23,24)12-14-5-6-15(18)11-16(14)19/h5-6,11,13H,3-4,7-10,12H2,1-2H3. The van der Waals surface area contributed by atoms with Gasteiger partial charge >= 0.3 is 0 Å². The topological polar surface area (TPSA) is 57.7 Å². The molecule has 5 nitrogen and oxygen atoms in total. The molecule has 0 radical (unpaired) electrons. The summed E-state index contributed by atoms with van der Waals surface area (Å²) in [7, 11) is -3.47. The van der Waals surface area contributed by atoms with Gasteiger partial charge in [0.1, 0.15) is 0 Å². The Hall–Kier alpha value is -0.820. The van der Waals surface area contributed by atoms with E-state index in [4.69, 9.17) is 23.2 Å². The predicted octanol–water partition coefficient (Wildman–Crippen LogP) is 3.40. The van der Waals surface area contributed by atoms with Crippen molar-refractivity contribution in [1.82, 2.24) is 9.21 Å². The maximum absolute atomic E-state index is 12.7. The van der Waals surface area contributed by atoms with Crippen molar-refractivity contribution in [3.05, 3.63) is 33.8 Å². The van der Waals surface area contributed by atoms with Crippen molar-refractivity contribution in [3.63, 3.8) is 0 Å². The van der Waals surface area contributed by atoms with E-state index in [1.165, 1.54) is 4.31 Å². The highest BCUT2D eigenvalue weighted by molar-refractivity contribution is 7.88. The van der Waals surface area contributed by atoms with Crippen molar-refractivity contribution >= 4 is 39.1 Å². The molecule has 1 aromatic carbocycles. The van der Waals surface area contributed by atoms with Crippen molar-refractivity contribution < 1.29 is 13.2 Å². The third-order valence-corrected chi connectivity index (χ3v) is 7.04. The Bertz CT molecular complexity index is 713. The van der Waals surface area contributed by atoms with Crippen LogP contribution in [0, 0.1) is 5.92 Å². The summed E-state index contributed by atoms with van der Waals surface area (Å²) in [5.74, 6) is -0.120. The highest BCUT2D eigenvalue weighted by atomic mass is 35.5. The van der Waals surface area contributed by atoms with Gasteiger partial charge in [0.15, 0.2) is 0 Å². The van der Waals surface area contributed by atoms with Gasteiger partial charge in [0.2, 0.25) is 15.9 Å². The minimum Gasteiger partial charge on any atom is -0.343 e. The van der Waals surface area contributed by atoms with E-state index in [2.05, 4.69) is 0 Å². The van der Waals surface area contributed by atoms with Crippen LogP contribution in [0.25, 0.3) is 0 Å². The van der Waals surface area contributed by atoms with Gasteiger partial charge < -0.3 is 4.90 Å². The van der Waals surface area contributed by atoms with Gasteiger partial charge in [0.05, 0.1) is 5.75 Å². The largest absolute Gasteiger partial charge is 0.343 e. The molecule has 0 bridgehead atoms. The molecule has 0 aliphatic carbocycles. The fraction of sp³-hybridized carbons (Fsp3) is 0.588. The minimum atomic E-state index is -3.47. The van der Waals surface area contributed by atoms with Crippen molar-refractivity contribution in [3.8, 4) is 0 Å². The van der Waals surface area contributed by atoms with E-state index in [1.807, 2.05) is 18.7 Å². The second-order valence-corrected chi connectivity index (χ2v) is 8.99. The number of rotatable bonds is 6. The molecule has 0 saturated carbocycles. The first kappa shape index (κ1) is 20.5. The van der Waals surface area contributed by atoms with Crippen LogP contribution in [0.1, 0.15) is 32.3 Å². The molecular formula is C17H24Cl2N2O3S. The smallest absolute Gasteiger partial charge is 0.225 e. The first-order valence-electron chi connectivity index (χ1n) is 8.49. The Balaban J connectivity index is 2.00. The predicted molar refractivity (Wildman–Crippen MR) is 101 cm³/mol. The molecule has 1 heterocycles. The molecule has 1 aliphatic rings. The molecule has 8 heteroatoms. The molecule has 140 valence electrons. The number of nitrogens with zero attached hydrogens (tertiary/aromatic N) is 2. The zero-order chi connectivity index (χ0) is 18.6. The minimum absolute atomic E-state index is 0.0922. The van der Waals surface area contributed by atoms with Crippen LogP contribution in [0.15, 0.2) is 18.2 Å². The van der Waals surface area contributed by atoms with Crippen LogP contribution in [0.4, 0.5) is 0 Å². The van der Waals surface area contributed by atoms with E-state index in [0.29, 0.717) is 54.6 Å². The average Bonchev–Trinajstić information content (AvgIpc) is 2.58. The van der Waals surface area contributed by atoms with Crippen molar-refractivity contribution in [1.29, 1.82) is 0 Å². The second-order valence-electron chi connectivity index (χ2n) is 6.18. The van der Waals surface area contributed by atoms with E-state index in [0.717, 1.165) is 0 Å². The van der Waals surface area contributed by atoms with Gasteiger partial charge in [-0.2, -0.15) is 0 Å². The monoisotopic (exact) mass is 406 g/mol. The molecule has 25 heavy (non-hydrogen) atoms. The van der Waals surface area contributed by atoms with Crippen molar-refractivity contribution in [2.45, 2.75) is 32.4 Å². The molecule has 1 amide bonds. The number of amides is 1. The molecule has 0 N–H and O–H groups in total. The van der Waals surface area contributed by atoms with Crippen LogP contribution in [-0.2, 0) is 20.6 Å². The normalized spacial score (nSPS) is 16.8. The molecule has 1 fully saturated rings. The molecule has 0 atom stereocenters. The number of benzene rings is 1. The Morgan fingerprint density at radius 3 is 2.32 bits per heavy atom. The first-order chi connectivity index (χ1) is 11.8. The number of piperidine rings is 1. The molecule has 1 aliphatic heterocycles. The number of halogens is 2. The Morgan fingerprint density at radius 2 is 1.80 bits per heavy atom. The Labute approximate surface area is 159 Å². The van der Waals surface area contributed by atoms with Crippen LogP contribution in [0.2, 0.25) is 10.0 Å². The zero-order valence-corrected chi connectivity index (χ0v) is 16.9. The molecule has 0 spiro atoms. The Kier molecular flexibility index (Phi) is 7.14. The van der Waals surface area contributed by atoms with Gasteiger partial charge in [-0.15, -0.1) is 0 Å². The summed E-state index contributed by atoms with van der Waals surface area (Å²) in [6.45, 7) is 6.01. The van der Waals surface area contributed by atoms with Gasteiger partial charge in [-0.3, -0.25) is 4.79 Å². The third kappa shape index (κ3) is 5.09. The second kappa shape index (κ2) is 8.71. The molecule has 0 unspecified atom stereocenters. The third-order valence-electron chi connectivity index (χ3n) is 4.62. The van der Waals surface area contributed by atoms with Crippen molar-refractivity contribution in [2.24, 2.45) is 5.92 Å². The number of sulfonamides is 1. The average molecular weight is 407 g/mol. The lowest BCUT2D eigenvalue weighted by Gasteiger charge is -2.33. The van der Waals surface area contributed by atoms with Gasteiger partial charge in [0.25, 0.3) is 0 Å². The van der Waals surface area contributed by atoms with Gasteiger partial charge in [-0.05, 0) is 44.4 Å². The molecule has 1 aromatic rings. The maximum Gasteiger partial charge on any atom is 0.225 e. The SMILES string of the molecule is CCN(CC)C(=O)C1CCN(S(=O)(=O)Cc2ccc(Cl)cc2Cl)CC1. The maximum atomic E-state index is 12.7. The molecule has 2 rings (SSSR count). The van der Waals surface area contributed by atoms with Crippen LogP contribution < -0.4 is 0 Å². The number of carbonyl (C=O) groups excluding carboxylic acids is 1. The first-order valence-corrected chi connectivity index (χ1v) is 10.9. The van der Waals surface area contributed by atoms with Crippen molar-refractivity contribution in [2.75, 3.05) is 26.2 Å². The van der Waals surface area contributed by atoms with Gasteiger partial charge in [-0.25, -0.2) is 12.7 Å². The lowest BCUT2D eigenvalue weighted by Crippen LogP contribution is -2.44. The summed E-state index contributed by atoms with van der Waals surface area (Å²) in [6.07, 6.45) is 1.12. The molecule has 0 aromatic heterocycles. The van der Waals surface area contributed by atoms with Crippen LogP contribution in [0.5, 0.6) is 0 Å². The quantitative estimate of drug-likeness (QED) is 0.726. The van der Waals surface area contributed by atoms with E-state index in [1.54, 1.807) is 18.2 Å². The van der Waals surface area contributed by atoms with Gasteiger partial charge in [0, 0.05) is 42.1 Å². The highest BCUT2D eigenvalue weighted by Crippen LogP contribution is 2.26. The summed E-state index contributed by atoms with van der Waals surface area (Å²) < 4.78 is 26.8. The lowest BCUT2D eigenvalue weighted by molar-refractivity contribution is -0.136. The van der Waals surface area contributed by atoms with Gasteiger partial charge in [-0.1, -0.05) is 29.3 Å². The fourth-order valence-electron chi connectivity index (χ4n) is 3.10. The number of hydrogen-bond acceptors (Lipinski definition) is 3. The molecule has 1 saturated heterocycles. The highest BCUT2D eigenvalue weighted by Gasteiger charge is 2.32. The summed E-state index contributed by atoms with van der Waals surface area (Å²) in [6, 6.07) is 4.81. The van der Waals surface area contributed by atoms with E-state index in [9.17, 15) is 13.2 Å². The fourth-order valence-corrected chi connectivity index (χ4v) is 5.25. The van der Waals surface area contributed by atoms with Crippen LogP contribution in [-0.4, -0.2) is 49.7 Å². The zero-order valence-electron chi connectivity index (χ0n) is 14.5.